The van der Waals surface area contributed by atoms with Crippen molar-refractivity contribution in [3.8, 4) is 0 Å². The molecule has 5 atom stereocenters. The van der Waals surface area contributed by atoms with Crippen LogP contribution in [0.5, 0.6) is 0 Å². The van der Waals surface area contributed by atoms with Crippen LogP contribution >= 0.6 is 11.6 Å². The maximum Gasteiger partial charge on any atom is 0.330 e. The van der Waals surface area contributed by atoms with Gasteiger partial charge in [-0.2, -0.15) is 0 Å². The smallest absolute Gasteiger partial charge is 0.330 e. The fourth-order valence-corrected chi connectivity index (χ4v) is 2.78. The lowest BCUT2D eigenvalue weighted by molar-refractivity contribution is -0.157. The van der Waals surface area contributed by atoms with Gasteiger partial charge in [0, 0.05) is 20.0 Å². The normalized spacial score (nSPS) is 25.8. The van der Waals surface area contributed by atoms with Crippen LogP contribution in [0.4, 0.5) is 4.39 Å². The van der Waals surface area contributed by atoms with Crippen LogP contribution in [0.2, 0.25) is 0 Å². The summed E-state index contributed by atoms with van der Waals surface area (Å²) in [7, 11) is 0. The Bertz CT molecular complexity index is 825. The third kappa shape index (κ3) is 4.73. The molecular formula is C15H18ClFN2O8. The minimum absolute atomic E-state index is 0.362. The summed E-state index contributed by atoms with van der Waals surface area (Å²) >= 11 is 5.41. The van der Waals surface area contributed by atoms with Crippen LogP contribution in [-0.4, -0.2) is 57.4 Å². The number of aromatic nitrogens is 2. The van der Waals surface area contributed by atoms with Crippen LogP contribution < -0.4 is 11.2 Å². The lowest BCUT2D eigenvalue weighted by Gasteiger charge is -2.20. The Hall–Kier alpha value is -2.24. The Balaban J connectivity index is 2.39. The summed E-state index contributed by atoms with van der Waals surface area (Å²) in [6.07, 6.45) is -6.32. The molecular weight excluding hydrogens is 391 g/mol. The van der Waals surface area contributed by atoms with Crippen molar-refractivity contribution in [1.82, 2.24) is 9.55 Å². The van der Waals surface area contributed by atoms with Gasteiger partial charge in [0.1, 0.15) is 25.0 Å². The average molecular weight is 409 g/mol. The molecule has 150 valence electrons. The number of alkyl halides is 2. The molecule has 1 unspecified atom stereocenters. The van der Waals surface area contributed by atoms with Crippen LogP contribution in [0, 0.1) is 0 Å². The quantitative estimate of drug-likeness (QED) is 0.476. The molecule has 1 aliphatic rings. The highest BCUT2D eigenvalue weighted by atomic mass is 35.5. The molecule has 0 saturated carbocycles. The van der Waals surface area contributed by atoms with Gasteiger partial charge in [-0.3, -0.25) is 23.9 Å². The molecule has 1 fully saturated rings. The molecule has 27 heavy (non-hydrogen) atoms. The number of ether oxygens (including phenoxy) is 3. The maximum absolute atomic E-state index is 13.9. The molecule has 1 aromatic rings. The minimum atomic E-state index is -1.86. The fourth-order valence-electron chi connectivity index (χ4n) is 2.62. The van der Waals surface area contributed by atoms with E-state index in [0.29, 0.717) is 0 Å². The van der Waals surface area contributed by atoms with E-state index in [-0.39, 0.29) is 6.61 Å². The third-order valence-corrected chi connectivity index (χ3v) is 4.08. The van der Waals surface area contributed by atoms with Crippen molar-refractivity contribution in [2.75, 3.05) is 12.5 Å². The van der Waals surface area contributed by atoms with E-state index < -0.39 is 65.3 Å². The van der Waals surface area contributed by atoms with Crippen molar-refractivity contribution >= 4 is 23.5 Å². The molecule has 10 nitrogen and oxygen atoms in total. The van der Waals surface area contributed by atoms with Gasteiger partial charge in [0.15, 0.2) is 12.3 Å². The zero-order valence-corrected chi connectivity index (χ0v) is 15.1. The van der Waals surface area contributed by atoms with Gasteiger partial charge in [-0.05, 0) is 0 Å². The summed E-state index contributed by atoms with van der Waals surface area (Å²) < 4.78 is 29.9. The first kappa shape index (κ1) is 21.1. The zero-order valence-electron chi connectivity index (χ0n) is 14.4. The minimum Gasteiger partial charge on any atom is -0.463 e. The van der Waals surface area contributed by atoms with E-state index in [1.807, 2.05) is 4.98 Å². The Morgan fingerprint density at radius 1 is 1.41 bits per heavy atom. The summed E-state index contributed by atoms with van der Waals surface area (Å²) in [5.41, 5.74) is -2.39. The van der Waals surface area contributed by atoms with E-state index in [2.05, 4.69) is 0 Å². The molecule has 2 rings (SSSR count). The Morgan fingerprint density at radius 3 is 2.63 bits per heavy atom. The third-order valence-electron chi connectivity index (χ3n) is 3.80. The molecule has 12 heteroatoms. The first-order valence-corrected chi connectivity index (χ1v) is 8.38. The Kier molecular flexibility index (Phi) is 6.73. The van der Waals surface area contributed by atoms with E-state index in [1.54, 1.807) is 0 Å². The molecule has 0 aromatic carbocycles. The number of carbonyl (C=O) groups excluding carboxylic acids is 2. The second-order valence-electron chi connectivity index (χ2n) is 5.81. The van der Waals surface area contributed by atoms with E-state index in [9.17, 15) is 28.7 Å². The number of nitrogens with one attached hydrogen (secondary N) is 1. The number of rotatable bonds is 6. The van der Waals surface area contributed by atoms with Gasteiger partial charge < -0.3 is 19.3 Å². The van der Waals surface area contributed by atoms with Crippen molar-refractivity contribution in [2.45, 2.75) is 44.6 Å². The molecule has 1 saturated heterocycles. The van der Waals surface area contributed by atoms with Crippen molar-refractivity contribution in [3.63, 3.8) is 0 Å². The molecule has 0 bridgehead atoms. The summed E-state index contributed by atoms with van der Waals surface area (Å²) in [6.45, 7) is 1.89. The lowest BCUT2D eigenvalue weighted by atomic mass is 10.1. The molecule has 0 aliphatic carbocycles. The van der Waals surface area contributed by atoms with Crippen LogP contribution in [0.3, 0.4) is 0 Å². The number of hydrogen-bond donors (Lipinski definition) is 2. The van der Waals surface area contributed by atoms with Gasteiger partial charge >= 0.3 is 17.6 Å². The lowest BCUT2D eigenvalue weighted by Crippen LogP contribution is -2.40. The maximum atomic E-state index is 13.9. The number of nitrogens with zero attached hydrogens (tertiary/aromatic N) is 1. The van der Waals surface area contributed by atoms with Crippen molar-refractivity contribution < 1.29 is 33.3 Å². The van der Waals surface area contributed by atoms with Crippen LogP contribution in [0.1, 0.15) is 31.8 Å². The number of halogens is 2. The monoisotopic (exact) mass is 408 g/mol. The summed E-state index contributed by atoms with van der Waals surface area (Å²) in [5, 5.41) is 10.5. The van der Waals surface area contributed by atoms with E-state index in [4.69, 9.17) is 25.8 Å². The number of esters is 2. The van der Waals surface area contributed by atoms with Crippen LogP contribution in [0.15, 0.2) is 15.8 Å². The average Bonchev–Trinajstić information content (AvgIpc) is 2.88. The number of aliphatic hydroxyl groups excluding tert-OH is 1. The molecule has 2 heterocycles. The zero-order chi connectivity index (χ0) is 20.3. The second-order valence-corrected chi connectivity index (χ2v) is 6.11. The largest absolute Gasteiger partial charge is 0.463 e. The van der Waals surface area contributed by atoms with Crippen LogP contribution in [0.25, 0.3) is 0 Å². The topological polar surface area (TPSA) is 137 Å². The number of carbonyl (C=O) groups is 2. The van der Waals surface area contributed by atoms with Gasteiger partial charge in [-0.25, -0.2) is 9.18 Å². The van der Waals surface area contributed by atoms with Gasteiger partial charge in [0.05, 0.1) is 11.4 Å². The molecule has 1 aromatic heterocycles. The standard InChI is InChI=1S/C15H18ClFN2O8/c1-6(20)25-5-10-12(26-7(2)21)11(22)14(27-10)19-4-8(9(17)3-16)13(23)18-15(19)24/h4,9-12,14,22H,3,5H2,1-2H3,(H,18,23,24)/t9?,10-,11-,12-,14-/m1/s1. The predicted octanol–water partition coefficient (Wildman–Crippen LogP) is -0.461. The van der Waals surface area contributed by atoms with Gasteiger partial charge in [0.2, 0.25) is 0 Å². The van der Waals surface area contributed by atoms with Gasteiger partial charge in [-0.15, -0.1) is 11.6 Å². The SMILES string of the molecule is CC(=O)OC[C@H]1O[C@@H](n2cc(C(F)CCl)c(=O)[nH]c2=O)[C@H](O)[C@@H]1OC(C)=O. The molecule has 0 radical (unpaired) electrons. The van der Waals surface area contributed by atoms with Gasteiger partial charge in [-0.1, -0.05) is 0 Å². The van der Waals surface area contributed by atoms with Crippen molar-refractivity contribution in [1.29, 1.82) is 0 Å². The highest BCUT2D eigenvalue weighted by molar-refractivity contribution is 6.18. The molecule has 0 amide bonds. The van der Waals surface area contributed by atoms with E-state index >= 15 is 0 Å². The number of hydrogen-bond acceptors (Lipinski definition) is 8. The Morgan fingerprint density at radius 2 is 2.07 bits per heavy atom. The fraction of sp³-hybridized carbons (Fsp3) is 0.600. The number of aromatic amines is 1. The molecule has 2 N–H and O–H groups in total. The van der Waals surface area contributed by atoms with E-state index in [0.717, 1.165) is 24.6 Å². The first-order valence-electron chi connectivity index (χ1n) is 7.85. The number of H-pyrrole nitrogens is 1. The highest BCUT2D eigenvalue weighted by Gasteiger charge is 2.48. The van der Waals surface area contributed by atoms with Crippen molar-refractivity contribution in [3.05, 3.63) is 32.6 Å². The summed E-state index contributed by atoms with van der Waals surface area (Å²) in [4.78, 5) is 48.1. The summed E-state index contributed by atoms with van der Waals surface area (Å²) in [6, 6.07) is 0. The number of aliphatic hydroxyl groups is 1. The Labute approximate surface area is 156 Å². The molecule has 1 aliphatic heterocycles. The molecule has 0 spiro atoms. The first-order chi connectivity index (χ1) is 12.6. The highest BCUT2D eigenvalue weighted by Crippen LogP contribution is 2.31. The summed E-state index contributed by atoms with van der Waals surface area (Å²) in [5.74, 6) is -1.90. The van der Waals surface area contributed by atoms with Gasteiger partial charge in [0.25, 0.3) is 5.56 Å². The van der Waals surface area contributed by atoms with Crippen molar-refractivity contribution in [2.24, 2.45) is 0 Å². The van der Waals surface area contributed by atoms with E-state index in [1.165, 1.54) is 0 Å². The predicted molar refractivity (Wildman–Crippen MR) is 88.0 cm³/mol. The second kappa shape index (κ2) is 8.63. The van der Waals surface area contributed by atoms with Crippen LogP contribution in [-0.2, 0) is 23.8 Å².